The standard InChI is InChI=1S/C12H18N2O/c1-2-14-9-11(6-7-12(14)15)13-8-10-4-3-5-10/h6-7,9-10,13H,2-5,8H2,1H3. The molecule has 1 saturated carbocycles. The van der Waals surface area contributed by atoms with Gasteiger partial charge in [-0.2, -0.15) is 0 Å². The Morgan fingerprint density at radius 2 is 2.27 bits per heavy atom. The first kappa shape index (κ1) is 10.3. The van der Waals surface area contributed by atoms with Gasteiger partial charge in [-0.05, 0) is 31.7 Å². The Kier molecular flexibility index (Phi) is 3.09. The number of hydrogen-bond donors (Lipinski definition) is 1. The van der Waals surface area contributed by atoms with E-state index < -0.39 is 0 Å². The van der Waals surface area contributed by atoms with Gasteiger partial charge in [0.25, 0.3) is 5.56 Å². The van der Waals surface area contributed by atoms with E-state index in [1.807, 2.05) is 19.2 Å². The molecule has 1 aromatic rings. The van der Waals surface area contributed by atoms with Crippen molar-refractivity contribution >= 4 is 5.69 Å². The molecule has 1 aliphatic carbocycles. The predicted molar refractivity (Wildman–Crippen MR) is 62.2 cm³/mol. The molecule has 0 aliphatic heterocycles. The summed E-state index contributed by atoms with van der Waals surface area (Å²) in [6, 6.07) is 3.50. The Labute approximate surface area is 90.1 Å². The lowest BCUT2D eigenvalue weighted by atomic mass is 9.85. The van der Waals surface area contributed by atoms with E-state index in [0.717, 1.165) is 24.7 Å². The summed E-state index contributed by atoms with van der Waals surface area (Å²) < 4.78 is 1.73. The Bertz CT molecular complexity index is 379. The second-order valence-corrected chi connectivity index (χ2v) is 4.22. The first-order valence-corrected chi connectivity index (χ1v) is 5.74. The second kappa shape index (κ2) is 4.51. The van der Waals surface area contributed by atoms with Crippen molar-refractivity contribution in [2.75, 3.05) is 11.9 Å². The number of nitrogens with zero attached hydrogens (tertiary/aromatic N) is 1. The van der Waals surface area contributed by atoms with Gasteiger partial charge in [0.1, 0.15) is 0 Å². The predicted octanol–water partition coefficient (Wildman–Crippen LogP) is 2.08. The van der Waals surface area contributed by atoms with E-state index in [-0.39, 0.29) is 5.56 Å². The zero-order chi connectivity index (χ0) is 10.7. The third kappa shape index (κ3) is 2.41. The van der Waals surface area contributed by atoms with Crippen LogP contribution in [0.15, 0.2) is 23.1 Å². The van der Waals surface area contributed by atoms with Crippen molar-refractivity contribution in [2.24, 2.45) is 5.92 Å². The summed E-state index contributed by atoms with van der Waals surface area (Å²) in [7, 11) is 0. The molecule has 1 aliphatic rings. The van der Waals surface area contributed by atoms with Crippen molar-refractivity contribution < 1.29 is 0 Å². The monoisotopic (exact) mass is 206 g/mol. The van der Waals surface area contributed by atoms with Crippen molar-refractivity contribution in [1.82, 2.24) is 4.57 Å². The summed E-state index contributed by atoms with van der Waals surface area (Å²) in [5.41, 5.74) is 1.13. The first-order valence-electron chi connectivity index (χ1n) is 5.74. The highest BCUT2D eigenvalue weighted by Crippen LogP contribution is 2.26. The lowest BCUT2D eigenvalue weighted by molar-refractivity contribution is 0.333. The van der Waals surface area contributed by atoms with E-state index in [4.69, 9.17) is 0 Å². The van der Waals surface area contributed by atoms with Gasteiger partial charge in [0.15, 0.2) is 0 Å². The Morgan fingerprint density at radius 3 is 2.87 bits per heavy atom. The van der Waals surface area contributed by atoms with Gasteiger partial charge in [0, 0.05) is 25.4 Å². The van der Waals surface area contributed by atoms with Crippen molar-refractivity contribution in [2.45, 2.75) is 32.7 Å². The quantitative estimate of drug-likeness (QED) is 0.818. The molecule has 0 saturated heterocycles. The van der Waals surface area contributed by atoms with Crippen molar-refractivity contribution in [3.63, 3.8) is 0 Å². The molecule has 0 amide bonds. The number of anilines is 1. The molecule has 3 nitrogen and oxygen atoms in total. The molecule has 0 unspecified atom stereocenters. The number of nitrogens with one attached hydrogen (secondary N) is 1. The van der Waals surface area contributed by atoms with Crippen LogP contribution in [0.1, 0.15) is 26.2 Å². The number of hydrogen-bond acceptors (Lipinski definition) is 2. The Hall–Kier alpha value is -1.25. The lowest BCUT2D eigenvalue weighted by Gasteiger charge is -2.25. The first-order chi connectivity index (χ1) is 7.29. The molecular formula is C12H18N2O. The Balaban J connectivity index is 1.98. The largest absolute Gasteiger partial charge is 0.384 e. The third-order valence-electron chi connectivity index (χ3n) is 3.14. The molecule has 0 aromatic carbocycles. The average Bonchev–Trinajstić information content (AvgIpc) is 2.18. The highest BCUT2D eigenvalue weighted by atomic mass is 16.1. The fourth-order valence-electron chi connectivity index (χ4n) is 1.84. The minimum atomic E-state index is 0.0756. The fraction of sp³-hybridized carbons (Fsp3) is 0.583. The van der Waals surface area contributed by atoms with E-state index in [1.54, 1.807) is 10.6 Å². The SMILES string of the molecule is CCn1cc(NCC2CCC2)ccc1=O. The molecule has 1 heterocycles. The average molecular weight is 206 g/mol. The van der Waals surface area contributed by atoms with Crippen LogP contribution in [0.25, 0.3) is 0 Å². The fourth-order valence-corrected chi connectivity index (χ4v) is 1.84. The molecule has 1 N–H and O–H groups in total. The van der Waals surface area contributed by atoms with E-state index in [0.29, 0.717) is 0 Å². The van der Waals surface area contributed by atoms with Gasteiger partial charge in [-0.3, -0.25) is 4.79 Å². The van der Waals surface area contributed by atoms with Gasteiger partial charge in [-0.1, -0.05) is 6.42 Å². The maximum absolute atomic E-state index is 11.3. The van der Waals surface area contributed by atoms with Crippen LogP contribution in [0.2, 0.25) is 0 Å². The molecule has 0 atom stereocenters. The molecule has 2 rings (SSSR count). The van der Waals surface area contributed by atoms with Crippen LogP contribution in [0, 0.1) is 5.92 Å². The molecule has 0 bridgehead atoms. The van der Waals surface area contributed by atoms with Crippen molar-refractivity contribution in [1.29, 1.82) is 0 Å². The van der Waals surface area contributed by atoms with E-state index in [1.165, 1.54) is 19.3 Å². The van der Waals surface area contributed by atoms with Gasteiger partial charge >= 0.3 is 0 Å². The van der Waals surface area contributed by atoms with Gasteiger partial charge in [0.05, 0.1) is 5.69 Å². The summed E-state index contributed by atoms with van der Waals surface area (Å²) in [5.74, 6) is 0.840. The number of aromatic nitrogens is 1. The molecule has 0 spiro atoms. The van der Waals surface area contributed by atoms with Crippen molar-refractivity contribution in [3.05, 3.63) is 28.7 Å². The van der Waals surface area contributed by atoms with Crippen LogP contribution in [0.3, 0.4) is 0 Å². The van der Waals surface area contributed by atoms with Crippen LogP contribution in [-0.2, 0) is 6.54 Å². The molecule has 0 radical (unpaired) electrons. The summed E-state index contributed by atoms with van der Waals surface area (Å²) >= 11 is 0. The maximum Gasteiger partial charge on any atom is 0.250 e. The smallest absolute Gasteiger partial charge is 0.250 e. The van der Waals surface area contributed by atoms with Crippen molar-refractivity contribution in [3.8, 4) is 0 Å². The number of pyridine rings is 1. The van der Waals surface area contributed by atoms with E-state index >= 15 is 0 Å². The molecule has 1 aromatic heterocycles. The summed E-state index contributed by atoms with van der Waals surface area (Å²) in [6.45, 7) is 3.76. The lowest BCUT2D eigenvalue weighted by Crippen LogP contribution is -2.22. The Morgan fingerprint density at radius 1 is 1.47 bits per heavy atom. The highest BCUT2D eigenvalue weighted by Gasteiger charge is 2.16. The summed E-state index contributed by atoms with van der Waals surface area (Å²) in [6.07, 6.45) is 5.97. The minimum absolute atomic E-state index is 0.0756. The van der Waals surface area contributed by atoms with Crippen LogP contribution < -0.4 is 10.9 Å². The van der Waals surface area contributed by atoms with Gasteiger partial charge in [-0.25, -0.2) is 0 Å². The second-order valence-electron chi connectivity index (χ2n) is 4.22. The molecule has 82 valence electrons. The van der Waals surface area contributed by atoms with Gasteiger partial charge < -0.3 is 9.88 Å². The molecular weight excluding hydrogens is 188 g/mol. The molecule has 3 heteroatoms. The van der Waals surface area contributed by atoms with E-state index in [9.17, 15) is 4.79 Å². The normalized spacial score (nSPS) is 16.1. The molecule has 15 heavy (non-hydrogen) atoms. The highest BCUT2D eigenvalue weighted by molar-refractivity contribution is 5.40. The molecule has 1 fully saturated rings. The van der Waals surface area contributed by atoms with Gasteiger partial charge in [-0.15, -0.1) is 0 Å². The van der Waals surface area contributed by atoms with Crippen LogP contribution in [0.5, 0.6) is 0 Å². The zero-order valence-corrected chi connectivity index (χ0v) is 9.20. The van der Waals surface area contributed by atoms with Crippen LogP contribution in [0.4, 0.5) is 5.69 Å². The van der Waals surface area contributed by atoms with Crippen LogP contribution in [-0.4, -0.2) is 11.1 Å². The zero-order valence-electron chi connectivity index (χ0n) is 9.20. The summed E-state index contributed by atoms with van der Waals surface area (Å²) in [5, 5.41) is 3.39. The summed E-state index contributed by atoms with van der Waals surface area (Å²) in [4.78, 5) is 11.3. The van der Waals surface area contributed by atoms with Gasteiger partial charge in [0.2, 0.25) is 0 Å². The maximum atomic E-state index is 11.3. The minimum Gasteiger partial charge on any atom is -0.384 e. The van der Waals surface area contributed by atoms with Crippen LogP contribution >= 0.6 is 0 Å². The third-order valence-corrected chi connectivity index (χ3v) is 3.14. The topological polar surface area (TPSA) is 34.0 Å². The number of aryl methyl sites for hydroxylation is 1. The number of rotatable bonds is 4. The van der Waals surface area contributed by atoms with E-state index in [2.05, 4.69) is 5.32 Å².